The number of carbonyl (C=O) groups excluding carboxylic acids is 1. The minimum atomic E-state index is -0.388. The fourth-order valence-corrected chi connectivity index (χ4v) is 5.04. The number of aromatic nitrogens is 4. The van der Waals surface area contributed by atoms with Crippen LogP contribution in [0.2, 0.25) is 0 Å². The van der Waals surface area contributed by atoms with Gasteiger partial charge in [0.25, 0.3) is 0 Å². The lowest BCUT2D eigenvalue weighted by molar-refractivity contribution is 0.0926. The minimum Gasteiger partial charge on any atom is -0.453 e. The lowest BCUT2D eigenvalue weighted by Crippen LogP contribution is -2.50. The summed E-state index contributed by atoms with van der Waals surface area (Å²) in [5.74, 6) is 0. The molecule has 0 radical (unpaired) electrons. The van der Waals surface area contributed by atoms with Gasteiger partial charge in [-0.2, -0.15) is 0 Å². The van der Waals surface area contributed by atoms with Crippen molar-refractivity contribution in [2.24, 2.45) is 0 Å². The molecule has 1 amide bonds. The van der Waals surface area contributed by atoms with Gasteiger partial charge in [0, 0.05) is 55.5 Å². The van der Waals surface area contributed by atoms with E-state index in [1.807, 2.05) is 10.6 Å². The number of H-pyrrole nitrogens is 1. The number of rotatable bonds is 9. The van der Waals surface area contributed by atoms with E-state index in [1.54, 1.807) is 12.7 Å². The molecule has 0 spiro atoms. The van der Waals surface area contributed by atoms with Crippen molar-refractivity contribution in [3.05, 3.63) is 78.5 Å². The molecule has 1 aliphatic rings. The van der Waals surface area contributed by atoms with E-state index in [2.05, 4.69) is 79.0 Å². The average molecular weight is 488 g/mol. The summed E-state index contributed by atoms with van der Waals surface area (Å²) in [5.41, 5.74) is 4.78. The van der Waals surface area contributed by atoms with Gasteiger partial charge in [-0.1, -0.05) is 30.3 Å². The molecule has 1 fully saturated rings. The number of piperazine rings is 1. The van der Waals surface area contributed by atoms with Crippen LogP contribution in [0, 0.1) is 0 Å². The molecule has 1 saturated heterocycles. The molecule has 0 aliphatic carbocycles. The van der Waals surface area contributed by atoms with Crippen LogP contribution in [0.4, 0.5) is 4.79 Å². The predicted octanol–water partition coefficient (Wildman–Crippen LogP) is 3.40. The largest absolute Gasteiger partial charge is 0.453 e. The zero-order valence-corrected chi connectivity index (χ0v) is 20.6. The molecule has 4 aromatic rings. The van der Waals surface area contributed by atoms with Crippen molar-refractivity contribution in [2.45, 2.75) is 18.9 Å². The first-order valence-electron chi connectivity index (χ1n) is 12.5. The van der Waals surface area contributed by atoms with Crippen molar-refractivity contribution in [1.82, 2.24) is 34.9 Å². The Morgan fingerprint density at radius 1 is 1.08 bits per heavy atom. The van der Waals surface area contributed by atoms with Gasteiger partial charge in [0.1, 0.15) is 12.7 Å². The molecular weight excluding hydrogens is 454 g/mol. The summed E-state index contributed by atoms with van der Waals surface area (Å²) in [7, 11) is 1.40. The standard InChI is InChI=1S/C27H33N7O2/c1-36-27(35)29-18-26(21-6-3-2-4-7-21)33-14-12-32(13-15-33)11-5-8-22-17-28-25-10-9-23(16-24(22)25)34-19-30-31-20-34/h2-4,6-7,9-10,16-17,19-20,26,28H,5,8,11-15,18H2,1H3,(H,29,35). The zero-order valence-electron chi connectivity index (χ0n) is 20.6. The first kappa shape index (κ1) is 24.0. The quantitative estimate of drug-likeness (QED) is 0.376. The van der Waals surface area contributed by atoms with Crippen molar-refractivity contribution in [3.8, 4) is 5.69 Å². The van der Waals surface area contributed by atoms with Crippen molar-refractivity contribution in [3.63, 3.8) is 0 Å². The van der Waals surface area contributed by atoms with E-state index in [0.717, 1.165) is 56.8 Å². The summed E-state index contributed by atoms with van der Waals surface area (Å²) in [5, 5.41) is 12.0. The van der Waals surface area contributed by atoms with E-state index in [1.165, 1.54) is 23.6 Å². The van der Waals surface area contributed by atoms with Gasteiger partial charge in [-0.05, 0) is 48.7 Å². The lowest BCUT2D eigenvalue weighted by Gasteiger charge is -2.39. The van der Waals surface area contributed by atoms with Gasteiger partial charge in [0.2, 0.25) is 0 Å². The number of aromatic amines is 1. The topological polar surface area (TPSA) is 91.3 Å². The maximum atomic E-state index is 11.7. The maximum absolute atomic E-state index is 11.7. The Morgan fingerprint density at radius 2 is 1.86 bits per heavy atom. The summed E-state index contributed by atoms with van der Waals surface area (Å²) < 4.78 is 6.71. The molecule has 188 valence electrons. The molecular formula is C27H33N7O2. The highest BCUT2D eigenvalue weighted by Gasteiger charge is 2.25. The van der Waals surface area contributed by atoms with Crippen molar-refractivity contribution < 1.29 is 9.53 Å². The van der Waals surface area contributed by atoms with Gasteiger partial charge in [-0.25, -0.2) is 4.79 Å². The summed E-state index contributed by atoms with van der Waals surface area (Å²) in [6.07, 6.45) is 7.33. The van der Waals surface area contributed by atoms with Gasteiger partial charge >= 0.3 is 6.09 Å². The van der Waals surface area contributed by atoms with E-state index in [4.69, 9.17) is 4.74 Å². The number of aryl methyl sites for hydroxylation is 1. The number of carbonyl (C=O) groups is 1. The van der Waals surface area contributed by atoms with E-state index >= 15 is 0 Å². The van der Waals surface area contributed by atoms with Crippen molar-refractivity contribution in [2.75, 3.05) is 46.4 Å². The fourth-order valence-electron chi connectivity index (χ4n) is 5.04. The van der Waals surface area contributed by atoms with Crippen molar-refractivity contribution >= 4 is 17.0 Å². The van der Waals surface area contributed by atoms with Gasteiger partial charge in [0.15, 0.2) is 0 Å². The van der Waals surface area contributed by atoms with Crippen LogP contribution in [-0.2, 0) is 11.2 Å². The Labute approximate surface area is 211 Å². The normalized spacial score (nSPS) is 15.7. The van der Waals surface area contributed by atoms with E-state index in [0.29, 0.717) is 6.54 Å². The van der Waals surface area contributed by atoms with Crippen LogP contribution in [-0.4, -0.2) is 82.0 Å². The average Bonchev–Trinajstić information content (AvgIpc) is 3.60. The van der Waals surface area contributed by atoms with Crippen LogP contribution in [0.3, 0.4) is 0 Å². The van der Waals surface area contributed by atoms with Gasteiger partial charge in [-0.3, -0.25) is 9.47 Å². The second-order valence-corrected chi connectivity index (χ2v) is 9.19. The van der Waals surface area contributed by atoms with Gasteiger partial charge in [-0.15, -0.1) is 10.2 Å². The SMILES string of the molecule is COC(=O)NCC(c1ccccc1)N1CCN(CCCc2c[nH]c3ccc(-n4cnnc4)cc23)CC1. The molecule has 1 atom stereocenters. The molecule has 0 bridgehead atoms. The summed E-state index contributed by atoms with van der Waals surface area (Å²) in [6.45, 7) is 5.59. The van der Waals surface area contributed by atoms with Crippen LogP contribution < -0.4 is 5.32 Å². The maximum Gasteiger partial charge on any atom is 0.406 e. The highest BCUT2D eigenvalue weighted by molar-refractivity contribution is 5.85. The number of ether oxygens (including phenoxy) is 1. The molecule has 2 aromatic carbocycles. The van der Waals surface area contributed by atoms with Crippen LogP contribution in [0.1, 0.15) is 23.6 Å². The molecule has 1 unspecified atom stereocenters. The zero-order chi connectivity index (χ0) is 24.7. The number of hydrogen-bond acceptors (Lipinski definition) is 6. The fraction of sp³-hybridized carbons (Fsp3) is 0.370. The van der Waals surface area contributed by atoms with E-state index in [-0.39, 0.29) is 12.1 Å². The number of hydrogen-bond donors (Lipinski definition) is 2. The third kappa shape index (κ3) is 5.58. The summed E-state index contributed by atoms with van der Waals surface area (Å²) in [4.78, 5) is 20.1. The Hall–Kier alpha value is -3.69. The lowest BCUT2D eigenvalue weighted by atomic mass is 10.0. The number of alkyl carbamates (subject to hydrolysis) is 1. The predicted molar refractivity (Wildman–Crippen MR) is 139 cm³/mol. The van der Waals surface area contributed by atoms with Crippen LogP contribution >= 0.6 is 0 Å². The Morgan fingerprint density at radius 3 is 2.61 bits per heavy atom. The molecule has 5 rings (SSSR count). The number of nitrogens with zero attached hydrogens (tertiary/aromatic N) is 5. The van der Waals surface area contributed by atoms with Gasteiger partial charge < -0.3 is 19.9 Å². The summed E-state index contributed by atoms with van der Waals surface area (Å²) >= 11 is 0. The monoisotopic (exact) mass is 487 g/mol. The molecule has 0 saturated carbocycles. The Kier molecular flexibility index (Phi) is 7.58. The molecule has 3 heterocycles. The van der Waals surface area contributed by atoms with Gasteiger partial charge in [0.05, 0.1) is 13.2 Å². The minimum absolute atomic E-state index is 0.138. The molecule has 36 heavy (non-hydrogen) atoms. The number of amides is 1. The second kappa shape index (κ2) is 11.4. The molecule has 9 nitrogen and oxygen atoms in total. The molecule has 2 aromatic heterocycles. The molecule has 2 N–H and O–H groups in total. The number of fused-ring (bicyclic) bond motifs is 1. The van der Waals surface area contributed by atoms with Crippen LogP contribution in [0.25, 0.3) is 16.6 Å². The highest BCUT2D eigenvalue weighted by atomic mass is 16.5. The Bertz CT molecular complexity index is 1250. The van der Waals surface area contributed by atoms with E-state index < -0.39 is 0 Å². The number of methoxy groups -OCH3 is 1. The first-order chi connectivity index (χ1) is 17.7. The van der Waals surface area contributed by atoms with Crippen molar-refractivity contribution in [1.29, 1.82) is 0 Å². The molecule has 1 aliphatic heterocycles. The highest BCUT2D eigenvalue weighted by Crippen LogP contribution is 2.24. The third-order valence-electron chi connectivity index (χ3n) is 7.05. The third-order valence-corrected chi connectivity index (χ3v) is 7.05. The summed E-state index contributed by atoms with van der Waals surface area (Å²) in [6, 6.07) is 16.9. The smallest absolute Gasteiger partial charge is 0.406 e. The number of nitrogens with one attached hydrogen (secondary N) is 2. The van der Waals surface area contributed by atoms with E-state index in [9.17, 15) is 4.79 Å². The number of benzene rings is 2. The second-order valence-electron chi connectivity index (χ2n) is 9.19. The van der Waals surface area contributed by atoms with Crippen LogP contribution in [0.15, 0.2) is 67.4 Å². The van der Waals surface area contributed by atoms with Crippen LogP contribution in [0.5, 0.6) is 0 Å². The molecule has 9 heteroatoms. The first-order valence-corrected chi connectivity index (χ1v) is 12.5. The Balaban J connectivity index is 1.15.